The molecule has 1 aliphatic carbocycles. The van der Waals surface area contributed by atoms with Gasteiger partial charge in [0.05, 0.1) is 11.3 Å². The van der Waals surface area contributed by atoms with Gasteiger partial charge >= 0.3 is 0 Å². The fraction of sp³-hybridized carbons (Fsp3) is 0.444. The zero-order chi connectivity index (χ0) is 16.6. The molecule has 1 aliphatic rings. The van der Waals surface area contributed by atoms with Gasteiger partial charge in [-0.1, -0.05) is 26.8 Å². The van der Waals surface area contributed by atoms with E-state index in [1.165, 1.54) is 6.08 Å². The lowest BCUT2D eigenvalue weighted by Crippen LogP contribution is -2.26. The minimum Gasteiger partial charge on any atom is -0.356 e. The van der Waals surface area contributed by atoms with Crippen LogP contribution in [0.5, 0.6) is 0 Å². The molecular formula is C18H24N2O2. The van der Waals surface area contributed by atoms with Crippen molar-refractivity contribution in [3.8, 4) is 0 Å². The van der Waals surface area contributed by atoms with Gasteiger partial charge in [-0.25, -0.2) is 0 Å². The smallest absolute Gasteiger partial charge is 0.211 e. The number of aromatic nitrogens is 1. The van der Waals surface area contributed by atoms with Gasteiger partial charge in [0.15, 0.2) is 0 Å². The number of hydrogen-bond acceptors (Lipinski definition) is 3. The second kappa shape index (κ2) is 5.95. The van der Waals surface area contributed by atoms with E-state index in [4.69, 9.17) is 0 Å². The van der Waals surface area contributed by atoms with Crippen LogP contribution in [0.1, 0.15) is 72.1 Å². The summed E-state index contributed by atoms with van der Waals surface area (Å²) < 4.78 is 1.87. The van der Waals surface area contributed by atoms with Gasteiger partial charge in [0.1, 0.15) is 5.69 Å². The third-order valence-corrected chi connectivity index (χ3v) is 4.06. The third-order valence-electron chi connectivity index (χ3n) is 4.06. The van der Waals surface area contributed by atoms with Crippen molar-refractivity contribution in [1.82, 2.24) is 9.88 Å². The molecule has 4 heteroatoms. The van der Waals surface area contributed by atoms with Gasteiger partial charge in [0.25, 0.3) is 0 Å². The largest absolute Gasteiger partial charge is 0.356 e. The first-order valence-electron chi connectivity index (χ1n) is 7.73. The number of nitrogens with one attached hydrogen (secondary N) is 1. The fourth-order valence-electron chi connectivity index (χ4n) is 3.29. The van der Waals surface area contributed by atoms with Crippen LogP contribution in [0.3, 0.4) is 0 Å². The molecule has 0 amide bonds. The molecule has 0 aromatic carbocycles. The summed E-state index contributed by atoms with van der Waals surface area (Å²) in [6.07, 6.45) is 4.29. The average Bonchev–Trinajstić information content (AvgIpc) is 2.68. The van der Waals surface area contributed by atoms with Crippen molar-refractivity contribution >= 4 is 11.6 Å². The lowest BCUT2D eigenvalue weighted by atomic mass is 9.94. The summed E-state index contributed by atoms with van der Waals surface area (Å²) in [4.78, 5) is 25.3. The van der Waals surface area contributed by atoms with Crippen LogP contribution in [0.2, 0.25) is 0 Å². The minimum atomic E-state index is -0.112. The van der Waals surface area contributed by atoms with E-state index in [1.54, 1.807) is 0 Å². The highest BCUT2D eigenvalue weighted by Gasteiger charge is 2.33. The SMILES string of the molecule is CC/C=C(\C)NC1=CC(=O)c2c(c(C)c(C(C)C)n2C)C1=O. The number of Topliss-reactive ketones (excluding diaryl/α,β-unsaturated/α-hetero) is 1. The van der Waals surface area contributed by atoms with Crippen molar-refractivity contribution in [2.75, 3.05) is 0 Å². The van der Waals surface area contributed by atoms with Crippen molar-refractivity contribution in [2.24, 2.45) is 7.05 Å². The summed E-state index contributed by atoms with van der Waals surface area (Å²) in [5, 5.41) is 3.07. The predicted octanol–water partition coefficient (Wildman–Crippen LogP) is 3.62. The summed E-state index contributed by atoms with van der Waals surface area (Å²) in [7, 11) is 1.86. The van der Waals surface area contributed by atoms with Gasteiger partial charge in [-0.3, -0.25) is 9.59 Å². The number of fused-ring (bicyclic) bond motifs is 1. The van der Waals surface area contributed by atoms with E-state index in [9.17, 15) is 9.59 Å². The Kier molecular flexibility index (Phi) is 4.40. The molecular weight excluding hydrogens is 276 g/mol. The van der Waals surface area contributed by atoms with Crippen molar-refractivity contribution in [3.05, 3.63) is 46.1 Å². The summed E-state index contributed by atoms with van der Waals surface area (Å²) in [5.74, 6) is 0.0479. The van der Waals surface area contributed by atoms with Gasteiger partial charge < -0.3 is 9.88 Å². The van der Waals surface area contributed by atoms with E-state index in [1.807, 2.05) is 38.5 Å². The monoisotopic (exact) mass is 300 g/mol. The maximum atomic E-state index is 12.8. The van der Waals surface area contributed by atoms with Gasteiger partial charge in [-0.15, -0.1) is 0 Å². The number of hydrogen-bond donors (Lipinski definition) is 1. The maximum absolute atomic E-state index is 12.8. The summed E-state index contributed by atoms with van der Waals surface area (Å²) in [6.45, 7) is 10.0. The molecule has 0 fully saturated rings. The topological polar surface area (TPSA) is 51.1 Å². The van der Waals surface area contributed by atoms with Crippen LogP contribution in [0, 0.1) is 6.92 Å². The number of nitrogens with zero attached hydrogens (tertiary/aromatic N) is 1. The Morgan fingerprint density at radius 3 is 2.55 bits per heavy atom. The molecule has 22 heavy (non-hydrogen) atoms. The van der Waals surface area contributed by atoms with Crippen LogP contribution >= 0.6 is 0 Å². The predicted molar refractivity (Wildman–Crippen MR) is 88.2 cm³/mol. The maximum Gasteiger partial charge on any atom is 0.211 e. The zero-order valence-corrected chi connectivity index (χ0v) is 14.2. The molecule has 1 aromatic heterocycles. The Morgan fingerprint density at radius 2 is 2.00 bits per heavy atom. The molecule has 1 N–H and O–H groups in total. The van der Waals surface area contributed by atoms with Gasteiger partial charge in [0, 0.05) is 24.5 Å². The molecule has 1 aromatic rings. The first-order chi connectivity index (χ1) is 10.3. The number of carbonyl (C=O) groups excluding carboxylic acids is 2. The summed E-state index contributed by atoms with van der Waals surface area (Å²) >= 11 is 0. The minimum absolute atomic E-state index is 0.0987. The second-order valence-corrected chi connectivity index (χ2v) is 6.12. The van der Waals surface area contributed by atoms with E-state index < -0.39 is 0 Å². The molecule has 2 rings (SSSR count). The van der Waals surface area contributed by atoms with Crippen molar-refractivity contribution in [3.63, 3.8) is 0 Å². The highest BCUT2D eigenvalue weighted by molar-refractivity contribution is 6.24. The van der Waals surface area contributed by atoms with Gasteiger partial charge in [0.2, 0.25) is 11.6 Å². The second-order valence-electron chi connectivity index (χ2n) is 6.12. The molecule has 0 bridgehead atoms. The molecule has 0 spiro atoms. The molecule has 1 heterocycles. The number of carbonyl (C=O) groups is 2. The number of allylic oxidation sites excluding steroid dienone is 4. The first kappa shape index (κ1) is 16.3. The Bertz CT molecular complexity index is 703. The molecule has 0 radical (unpaired) electrons. The normalized spacial score (nSPS) is 15.2. The Balaban J connectivity index is 2.53. The van der Waals surface area contributed by atoms with Gasteiger partial charge in [-0.05, 0) is 31.7 Å². The highest BCUT2D eigenvalue weighted by atomic mass is 16.1. The number of ketones is 2. The Labute approximate surface area is 131 Å². The molecule has 118 valence electrons. The Morgan fingerprint density at radius 1 is 1.36 bits per heavy atom. The molecule has 0 aliphatic heterocycles. The first-order valence-corrected chi connectivity index (χ1v) is 7.73. The van der Waals surface area contributed by atoms with Crippen LogP contribution in [-0.2, 0) is 7.05 Å². The van der Waals surface area contributed by atoms with E-state index in [0.717, 1.165) is 23.4 Å². The molecule has 4 nitrogen and oxygen atoms in total. The molecule has 0 atom stereocenters. The lowest BCUT2D eigenvalue weighted by molar-refractivity contribution is 0.0975. The number of rotatable bonds is 4. The zero-order valence-electron chi connectivity index (χ0n) is 14.2. The summed E-state index contributed by atoms with van der Waals surface area (Å²) in [5.41, 5.74) is 4.26. The van der Waals surface area contributed by atoms with Crippen LogP contribution in [-0.4, -0.2) is 16.1 Å². The van der Waals surface area contributed by atoms with Crippen LogP contribution in [0.25, 0.3) is 0 Å². The molecule has 0 saturated carbocycles. The van der Waals surface area contributed by atoms with Crippen molar-refractivity contribution < 1.29 is 9.59 Å². The quantitative estimate of drug-likeness (QED) is 0.924. The Hall–Kier alpha value is -2.10. The molecule has 0 saturated heterocycles. The molecule has 0 unspecified atom stereocenters. The lowest BCUT2D eigenvalue weighted by Gasteiger charge is -2.16. The van der Waals surface area contributed by atoms with Crippen LogP contribution in [0.4, 0.5) is 0 Å². The van der Waals surface area contributed by atoms with E-state index in [2.05, 4.69) is 19.2 Å². The van der Waals surface area contributed by atoms with E-state index >= 15 is 0 Å². The fourth-order valence-corrected chi connectivity index (χ4v) is 3.29. The third kappa shape index (κ3) is 2.54. The van der Waals surface area contributed by atoms with Crippen LogP contribution < -0.4 is 5.32 Å². The van der Waals surface area contributed by atoms with Crippen molar-refractivity contribution in [1.29, 1.82) is 0 Å². The van der Waals surface area contributed by atoms with Crippen LogP contribution in [0.15, 0.2) is 23.5 Å². The van der Waals surface area contributed by atoms with Gasteiger partial charge in [-0.2, -0.15) is 0 Å². The van der Waals surface area contributed by atoms with E-state index in [0.29, 0.717) is 17.0 Å². The highest BCUT2D eigenvalue weighted by Crippen LogP contribution is 2.32. The summed E-state index contributed by atoms with van der Waals surface area (Å²) in [6, 6.07) is 0. The van der Waals surface area contributed by atoms with Crippen molar-refractivity contribution in [2.45, 2.75) is 47.0 Å². The average molecular weight is 300 g/mol. The van der Waals surface area contributed by atoms with E-state index in [-0.39, 0.29) is 17.5 Å². The standard InChI is InChI=1S/C18H24N2O2/c1-7-8-11(4)19-13-9-14(21)17-15(18(13)22)12(5)16(10(2)3)20(17)6/h8-10,19H,7H2,1-6H3/b11-8+.